The lowest BCUT2D eigenvalue weighted by atomic mass is 9.83. The fraction of sp³-hybridized carbons (Fsp3) is 0.692. The number of Topliss-reactive ketones (excluding diaryl/α,β-unsaturated/α-hetero) is 1. The molecule has 4 nitrogen and oxygen atoms in total. The van der Waals surface area contributed by atoms with E-state index in [9.17, 15) is 4.79 Å². The van der Waals surface area contributed by atoms with Crippen LogP contribution >= 0.6 is 11.3 Å². The van der Waals surface area contributed by atoms with Crippen molar-refractivity contribution in [2.45, 2.75) is 51.9 Å². The van der Waals surface area contributed by atoms with Crippen molar-refractivity contribution in [2.75, 3.05) is 0 Å². The molecule has 0 saturated carbocycles. The van der Waals surface area contributed by atoms with Crippen LogP contribution in [0.1, 0.15) is 49.6 Å². The summed E-state index contributed by atoms with van der Waals surface area (Å²) in [6.45, 7) is 8.37. The predicted molar refractivity (Wildman–Crippen MR) is 71.7 cm³/mol. The van der Waals surface area contributed by atoms with Crippen LogP contribution in [0, 0.1) is 5.92 Å². The van der Waals surface area contributed by atoms with E-state index in [0.717, 1.165) is 11.4 Å². The van der Waals surface area contributed by atoms with Gasteiger partial charge in [-0.3, -0.25) is 4.79 Å². The zero-order valence-corrected chi connectivity index (χ0v) is 12.1. The van der Waals surface area contributed by atoms with Crippen molar-refractivity contribution in [3.8, 4) is 0 Å². The van der Waals surface area contributed by atoms with Crippen LogP contribution in [0.25, 0.3) is 0 Å². The molecule has 2 heterocycles. The summed E-state index contributed by atoms with van der Waals surface area (Å²) in [6, 6.07) is 0. The molecular formula is C13H20N2O2S. The molecular weight excluding hydrogens is 248 g/mol. The molecule has 18 heavy (non-hydrogen) atoms. The molecule has 2 N–H and O–H groups in total. The first-order valence-corrected chi connectivity index (χ1v) is 7.02. The monoisotopic (exact) mass is 268 g/mol. The number of aromatic nitrogens is 1. The zero-order chi connectivity index (χ0) is 13.6. The second kappa shape index (κ2) is 4.40. The standard InChI is InChI=1S/C13H20N2O2S/c1-12(2)5-8(13(3,4)17-12)11(16)9-7-18-10(6-14)15-9/h7-8H,5-6,14H2,1-4H3. The Morgan fingerprint density at radius 3 is 2.67 bits per heavy atom. The third-order valence-electron chi connectivity index (χ3n) is 3.37. The minimum atomic E-state index is -0.437. The Hall–Kier alpha value is -0.780. The Morgan fingerprint density at radius 2 is 2.22 bits per heavy atom. The predicted octanol–water partition coefficient (Wildman–Crippen LogP) is 2.38. The molecule has 1 atom stereocenters. The molecule has 0 aliphatic carbocycles. The highest BCUT2D eigenvalue weighted by molar-refractivity contribution is 7.09. The molecule has 1 unspecified atom stereocenters. The summed E-state index contributed by atoms with van der Waals surface area (Å²) in [6.07, 6.45) is 0.730. The third-order valence-corrected chi connectivity index (χ3v) is 4.24. The number of thiazole rings is 1. The van der Waals surface area contributed by atoms with Gasteiger partial charge in [-0.15, -0.1) is 11.3 Å². The zero-order valence-electron chi connectivity index (χ0n) is 11.3. The van der Waals surface area contributed by atoms with Crippen LogP contribution in [0.3, 0.4) is 0 Å². The van der Waals surface area contributed by atoms with Crippen molar-refractivity contribution < 1.29 is 9.53 Å². The maximum atomic E-state index is 12.5. The quantitative estimate of drug-likeness (QED) is 0.855. The van der Waals surface area contributed by atoms with Crippen molar-refractivity contribution in [1.29, 1.82) is 0 Å². The first kappa shape index (κ1) is 13.6. The van der Waals surface area contributed by atoms with Gasteiger partial charge in [0.1, 0.15) is 10.7 Å². The lowest BCUT2D eigenvalue weighted by molar-refractivity contribution is -0.0712. The van der Waals surface area contributed by atoms with E-state index in [1.54, 1.807) is 5.38 Å². The van der Waals surface area contributed by atoms with Crippen LogP contribution in [0.15, 0.2) is 5.38 Å². The number of ketones is 1. The Kier molecular flexibility index (Phi) is 3.34. The summed E-state index contributed by atoms with van der Waals surface area (Å²) in [5, 5.41) is 2.60. The van der Waals surface area contributed by atoms with Crippen LogP contribution in [0.5, 0.6) is 0 Å². The van der Waals surface area contributed by atoms with Crippen molar-refractivity contribution in [2.24, 2.45) is 11.7 Å². The molecule has 1 saturated heterocycles. The lowest BCUT2D eigenvalue weighted by Gasteiger charge is -2.26. The molecule has 1 aromatic heterocycles. The van der Waals surface area contributed by atoms with Crippen molar-refractivity contribution in [3.05, 3.63) is 16.1 Å². The Labute approximate surface area is 112 Å². The van der Waals surface area contributed by atoms with E-state index in [0.29, 0.717) is 12.2 Å². The van der Waals surface area contributed by atoms with E-state index in [1.165, 1.54) is 11.3 Å². The van der Waals surface area contributed by atoms with Crippen LogP contribution < -0.4 is 5.73 Å². The summed E-state index contributed by atoms with van der Waals surface area (Å²) in [7, 11) is 0. The minimum Gasteiger partial charge on any atom is -0.369 e. The van der Waals surface area contributed by atoms with Crippen molar-refractivity contribution in [1.82, 2.24) is 4.98 Å². The summed E-state index contributed by atoms with van der Waals surface area (Å²) in [4.78, 5) is 16.8. The topological polar surface area (TPSA) is 65.2 Å². The smallest absolute Gasteiger partial charge is 0.188 e. The largest absolute Gasteiger partial charge is 0.369 e. The Bertz CT molecular complexity index is 465. The van der Waals surface area contributed by atoms with Gasteiger partial charge >= 0.3 is 0 Å². The van der Waals surface area contributed by atoms with Crippen LogP contribution in [-0.2, 0) is 11.3 Å². The van der Waals surface area contributed by atoms with Gasteiger partial charge in [0, 0.05) is 11.9 Å². The van der Waals surface area contributed by atoms with Crippen molar-refractivity contribution >= 4 is 17.1 Å². The second-order valence-corrected chi connectivity index (χ2v) is 6.86. The number of ether oxygens (including phenoxy) is 1. The highest BCUT2D eigenvalue weighted by atomic mass is 32.1. The van der Waals surface area contributed by atoms with Crippen LogP contribution in [-0.4, -0.2) is 22.0 Å². The number of nitrogens with two attached hydrogens (primary N) is 1. The molecule has 5 heteroatoms. The van der Waals surface area contributed by atoms with Gasteiger partial charge in [-0.05, 0) is 34.1 Å². The number of hydrogen-bond donors (Lipinski definition) is 1. The van der Waals surface area contributed by atoms with E-state index in [2.05, 4.69) is 4.98 Å². The molecule has 100 valence electrons. The van der Waals surface area contributed by atoms with Gasteiger partial charge in [0.15, 0.2) is 5.78 Å². The van der Waals surface area contributed by atoms with E-state index in [1.807, 2.05) is 27.7 Å². The normalized spacial score (nSPS) is 25.3. The average molecular weight is 268 g/mol. The highest BCUT2D eigenvalue weighted by Crippen LogP contribution is 2.43. The lowest BCUT2D eigenvalue weighted by Crippen LogP contribution is -2.34. The van der Waals surface area contributed by atoms with Gasteiger partial charge in [-0.2, -0.15) is 0 Å². The summed E-state index contributed by atoms with van der Waals surface area (Å²) < 4.78 is 5.95. The second-order valence-electron chi connectivity index (χ2n) is 5.92. The molecule has 0 spiro atoms. The first-order chi connectivity index (χ1) is 8.25. The van der Waals surface area contributed by atoms with Gasteiger partial charge in [0.05, 0.1) is 17.1 Å². The van der Waals surface area contributed by atoms with Crippen LogP contribution in [0.4, 0.5) is 0 Å². The molecule has 0 aromatic carbocycles. The minimum absolute atomic E-state index is 0.0709. The van der Waals surface area contributed by atoms with E-state index in [4.69, 9.17) is 10.5 Å². The fourth-order valence-corrected chi connectivity index (χ4v) is 3.33. The average Bonchev–Trinajstić information content (AvgIpc) is 2.79. The van der Waals surface area contributed by atoms with Gasteiger partial charge < -0.3 is 10.5 Å². The summed E-state index contributed by atoms with van der Waals surface area (Å²) in [5.74, 6) is -0.0678. The molecule has 1 aromatic rings. The molecule has 2 rings (SSSR count). The van der Waals surface area contributed by atoms with Gasteiger partial charge in [0.2, 0.25) is 0 Å². The van der Waals surface area contributed by atoms with Gasteiger partial charge in [0.25, 0.3) is 0 Å². The highest BCUT2D eigenvalue weighted by Gasteiger charge is 2.49. The first-order valence-electron chi connectivity index (χ1n) is 6.14. The Morgan fingerprint density at radius 1 is 1.56 bits per heavy atom. The maximum Gasteiger partial charge on any atom is 0.188 e. The molecule has 0 bridgehead atoms. The number of carbonyl (C=O) groups is 1. The summed E-state index contributed by atoms with van der Waals surface area (Å²) in [5.41, 5.74) is 5.36. The number of carbonyl (C=O) groups excluding carboxylic acids is 1. The SMILES string of the molecule is CC1(C)CC(C(=O)c2csc(CN)n2)C(C)(C)O1. The Balaban J connectivity index is 2.24. The van der Waals surface area contributed by atoms with Crippen molar-refractivity contribution in [3.63, 3.8) is 0 Å². The molecule has 0 radical (unpaired) electrons. The fourth-order valence-electron chi connectivity index (χ4n) is 2.67. The molecule has 1 aliphatic rings. The number of hydrogen-bond acceptors (Lipinski definition) is 5. The van der Waals surface area contributed by atoms with Gasteiger partial charge in [-0.1, -0.05) is 0 Å². The van der Waals surface area contributed by atoms with Crippen LogP contribution in [0.2, 0.25) is 0 Å². The number of nitrogens with zero attached hydrogens (tertiary/aromatic N) is 1. The van der Waals surface area contributed by atoms with E-state index >= 15 is 0 Å². The van der Waals surface area contributed by atoms with Gasteiger partial charge in [-0.25, -0.2) is 4.98 Å². The maximum absolute atomic E-state index is 12.5. The summed E-state index contributed by atoms with van der Waals surface area (Å²) >= 11 is 1.44. The molecule has 1 fully saturated rings. The molecule has 1 aliphatic heterocycles. The number of rotatable bonds is 3. The van der Waals surface area contributed by atoms with E-state index < -0.39 is 5.60 Å². The van der Waals surface area contributed by atoms with E-state index in [-0.39, 0.29) is 17.3 Å². The third kappa shape index (κ3) is 2.48. The molecule has 0 amide bonds.